The van der Waals surface area contributed by atoms with E-state index in [4.69, 9.17) is 4.74 Å². The van der Waals surface area contributed by atoms with Crippen molar-refractivity contribution in [1.82, 2.24) is 9.97 Å². The number of likely N-dealkylation sites (N-methyl/N-ethyl adjacent to an activating group) is 1. The molecule has 1 aromatic heterocycles. The molecule has 1 saturated heterocycles. The van der Waals surface area contributed by atoms with E-state index < -0.39 is 0 Å². The molecule has 2 aromatic carbocycles. The van der Waals surface area contributed by atoms with Crippen molar-refractivity contribution in [3.05, 3.63) is 58.5 Å². The lowest BCUT2D eigenvalue weighted by atomic mass is 10.1. The highest BCUT2D eigenvalue weighted by Crippen LogP contribution is 2.20. The first-order chi connectivity index (χ1) is 14.1. The van der Waals surface area contributed by atoms with Crippen molar-refractivity contribution >= 4 is 28.3 Å². The second kappa shape index (κ2) is 8.50. The molecular weight excluding hydrogens is 370 g/mol. The number of nitrogens with one attached hydrogen (secondary N) is 4. The van der Waals surface area contributed by atoms with Crippen LogP contribution in [0.5, 0.6) is 0 Å². The molecule has 152 valence electrons. The summed E-state index contributed by atoms with van der Waals surface area (Å²) < 4.78 is 5.46. The molecule has 0 aliphatic carbocycles. The molecule has 1 atom stereocenters. The second-order valence-corrected chi connectivity index (χ2v) is 7.43. The zero-order valence-corrected chi connectivity index (χ0v) is 16.5. The number of anilines is 2. The Kier molecular flexibility index (Phi) is 5.64. The number of carbonyl (C=O) groups excluding carboxylic acids is 1. The summed E-state index contributed by atoms with van der Waals surface area (Å²) in [5.74, 6) is -0.0661. The Balaban J connectivity index is 1.38. The Morgan fingerprint density at radius 2 is 1.90 bits per heavy atom. The van der Waals surface area contributed by atoms with Gasteiger partial charge in [-0.2, -0.15) is 0 Å². The molecule has 0 bridgehead atoms. The average Bonchev–Trinajstić information content (AvgIpc) is 3.08. The Hall–Kier alpha value is -3.10. The van der Waals surface area contributed by atoms with Crippen molar-refractivity contribution in [2.75, 3.05) is 50.1 Å². The van der Waals surface area contributed by atoms with Crippen LogP contribution in [0, 0.1) is 0 Å². The molecule has 1 aliphatic rings. The minimum Gasteiger partial charge on any atom is -0.378 e. The molecule has 1 unspecified atom stereocenters. The van der Waals surface area contributed by atoms with Crippen molar-refractivity contribution < 1.29 is 14.4 Å². The number of aromatic nitrogens is 2. The van der Waals surface area contributed by atoms with Gasteiger partial charge >= 0.3 is 5.69 Å². The molecule has 2 heterocycles. The number of rotatable bonds is 6. The van der Waals surface area contributed by atoms with E-state index in [1.165, 1.54) is 11.3 Å². The van der Waals surface area contributed by atoms with E-state index in [9.17, 15) is 9.59 Å². The Morgan fingerprint density at radius 1 is 1.14 bits per heavy atom. The number of benzene rings is 2. The number of para-hydroxylation sites is 1. The van der Waals surface area contributed by atoms with Crippen LogP contribution in [0.15, 0.2) is 47.3 Å². The van der Waals surface area contributed by atoms with E-state index in [1.54, 1.807) is 18.2 Å². The summed E-state index contributed by atoms with van der Waals surface area (Å²) >= 11 is 0. The smallest absolute Gasteiger partial charge is 0.323 e. The standard InChI is InChI=1S/C21H25N5O3/c1-25(13-15-4-2-3-5-19(15)26-8-10-29-11-9-26)14-20(27)22-16-6-7-17-18(12-16)24-21(28)23-17/h2-7,12H,8-11,13-14H2,1H3,(H,22,27)(H2,23,24,28)/p+1. The third-order valence-corrected chi connectivity index (χ3v) is 5.10. The number of aromatic amines is 2. The van der Waals surface area contributed by atoms with Crippen LogP contribution in [0.25, 0.3) is 11.0 Å². The number of morpholine rings is 1. The number of hydrogen-bond acceptors (Lipinski definition) is 4. The van der Waals surface area contributed by atoms with Gasteiger partial charge in [0.15, 0.2) is 6.54 Å². The summed E-state index contributed by atoms with van der Waals surface area (Å²) in [6.07, 6.45) is 0. The maximum Gasteiger partial charge on any atom is 0.323 e. The number of H-pyrrole nitrogens is 2. The Labute approximate surface area is 168 Å². The maximum atomic E-state index is 12.5. The minimum atomic E-state index is -0.258. The normalized spacial score (nSPS) is 15.4. The molecule has 1 aliphatic heterocycles. The lowest BCUT2D eigenvalue weighted by Crippen LogP contribution is -3.08. The van der Waals surface area contributed by atoms with Crippen molar-refractivity contribution in [2.24, 2.45) is 0 Å². The van der Waals surface area contributed by atoms with Crippen LogP contribution in [0.4, 0.5) is 11.4 Å². The quantitative estimate of drug-likeness (QED) is 0.484. The SMILES string of the molecule is C[NH+](CC(=O)Nc1ccc2[nH]c(=O)[nH]c2c1)Cc1ccccc1N1CCOCC1. The predicted molar refractivity (Wildman–Crippen MR) is 112 cm³/mol. The van der Waals surface area contributed by atoms with E-state index in [0.717, 1.165) is 43.3 Å². The van der Waals surface area contributed by atoms with Crippen molar-refractivity contribution in [3.8, 4) is 0 Å². The summed E-state index contributed by atoms with van der Waals surface area (Å²) in [4.78, 5) is 32.7. The minimum absolute atomic E-state index is 0.0661. The molecule has 8 nitrogen and oxygen atoms in total. The van der Waals surface area contributed by atoms with Gasteiger partial charge in [0.05, 0.1) is 31.3 Å². The topological polar surface area (TPSA) is 94.7 Å². The summed E-state index contributed by atoms with van der Waals surface area (Å²) in [6, 6.07) is 13.7. The van der Waals surface area contributed by atoms with Gasteiger partial charge in [-0.3, -0.25) is 4.79 Å². The number of carbonyl (C=O) groups is 1. The van der Waals surface area contributed by atoms with Gasteiger partial charge in [-0.05, 0) is 24.3 Å². The molecule has 1 fully saturated rings. The highest BCUT2D eigenvalue weighted by molar-refractivity contribution is 5.93. The summed E-state index contributed by atoms with van der Waals surface area (Å²) in [7, 11) is 2.02. The van der Waals surface area contributed by atoms with Crippen LogP contribution in [0.1, 0.15) is 5.56 Å². The van der Waals surface area contributed by atoms with Crippen LogP contribution in [-0.4, -0.2) is 55.8 Å². The van der Waals surface area contributed by atoms with E-state index in [2.05, 4.69) is 38.4 Å². The van der Waals surface area contributed by atoms with Gasteiger partial charge in [-0.15, -0.1) is 0 Å². The highest BCUT2D eigenvalue weighted by Gasteiger charge is 2.18. The number of amides is 1. The van der Waals surface area contributed by atoms with Crippen LogP contribution < -0.4 is 20.8 Å². The van der Waals surface area contributed by atoms with Crippen molar-refractivity contribution in [1.29, 1.82) is 0 Å². The van der Waals surface area contributed by atoms with E-state index in [1.807, 2.05) is 13.1 Å². The molecule has 4 rings (SSSR count). The number of ether oxygens (including phenoxy) is 1. The number of nitrogens with zero attached hydrogens (tertiary/aromatic N) is 1. The largest absolute Gasteiger partial charge is 0.378 e. The van der Waals surface area contributed by atoms with Crippen LogP contribution in [0.2, 0.25) is 0 Å². The number of fused-ring (bicyclic) bond motifs is 1. The van der Waals surface area contributed by atoms with Gasteiger partial charge in [0.2, 0.25) is 0 Å². The first-order valence-electron chi connectivity index (χ1n) is 9.82. The molecule has 3 aromatic rings. The fourth-order valence-electron chi connectivity index (χ4n) is 3.75. The Bertz CT molecular complexity index is 1050. The molecule has 8 heteroatoms. The van der Waals surface area contributed by atoms with Crippen molar-refractivity contribution in [3.63, 3.8) is 0 Å². The molecule has 0 spiro atoms. The molecule has 0 saturated carbocycles. The van der Waals surface area contributed by atoms with E-state index >= 15 is 0 Å². The fourth-order valence-corrected chi connectivity index (χ4v) is 3.75. The van der Waals surface area contributed by atoms with Crippen molar-refractivity contribution in [2.45, 2.75) is 6.54 Å². The molecule has 29 heavy (non-hydrogen) atoms. The van der Waals surface area contributed by atoms with Gasteiger partial charge in [0.1, 0.15) is 6.54 Å². The number of hydrogen-bond donors (Lipinski definition) is 4. The fraction of sp³-hybridized carbons (Fsp3) is 0.333. The lowest BCUT2D eigenvalue weighted by molar-refractivity contribution is -0.885. The van der Waals surface area contributed by atoms with Gasteiger partial charge in [0, 0.05) is 30.0 Å². The van der Waals surface area contributed by atoms with Crippen LogP contribution in [0.3, 0.4) is 0 Å². The third kappa shape index (κ3) is 4.67. The lowest BCUT2D eigenvalue weighted by Gasteiger charge is -2.30. The summed E-state index contributed by atoms with van der Waals surface area (Å²) in [5.41, 5.74) is 4.25. The summed E-state index contributed by atoms with van der Waals surface area (Å²) in [6.45, 7) is 4.37. The third-order valence-electron chi connectivity index (χ3n) is 5.10. The van der Waals surface area contributed by atoms with Crippen LogP contribution in [-0.2, 0) is 16.1 Å². The summed E-state index contributed by atoms with van der Waals surface area (Å²) in [5, 5.41) is 2.92. The monoisotopic (exact) mass is 396 g/mol. The van der Waals surface area contributed by atoms with Crippen LogP contribution >= 0.6 is 0 Å². The molecular formula is C21H26N5O3+. The molecule has 1 amide bonds. The van der Waals surface area contributed by atoms with E-state index in [0.29, 0.717) is 17.7 Å². The first kappa shape index (κ1) is 19.2. The van der Waals surface area contributed by atoms with Gasteiger partial charge < -0.3 is 29.8 Å². The molecule has 4 N–H and O–H groups in total. The van der Waals surface area contributed by atoms with E-state index in [-0.39, 0.29) is 11.6 Å². The first-order valence-corrected chi connectivity index (χ1v) is 9.82. The zero-order valence-electron chi connectivity index (χ0n) is 16.5. The molecule has 0 radical (unpaired) electrons. The highest BCUT2D eigenvalue weighted by atomic mass is 16.5. The van der Waals surface area contributed by atoms with Gasteiger partial charge in [0.25, 0.3) is 5.91 Å². The van der Waals surface area contributed by atoms with Gasteiger partial charge in [-0.25, -0.2) is 4.79 Å². The Morgan fingerprint density at radius 3 is 2.72 bits per heavy atom. The average molecular weight is 396 g/mol. The maximum absolute atomic E-state index is 12.5. The number of imidazole rings is 1. The zero-order chi connectivity index (χ0) is 20.2. The second-order valence-electron chi connectivity index (χ2n) is 7.43. The number of quaternary nitrogens is 1. The van der Waals surface area contributed by atoms with Gasteiger partial charge in [-0.1, -0.05) is 18.2 Å². The predicted octanol–water partition coefficient (Wildman–Crippen LogP) is 0.346.